The van der Waals surface area contributed by atoms with E-state index in [0.717, 1.165) is 51.0 Å². The van der Waals surface area contributed by atoms with Crippen LogP contribution in [0.1, 0.15) is 38.7 Å². The quantitative estimate of drug-likeness (QED) is 0.781. The zero-order valence-corrected chi connectivity index (χ0v) is 15.0. The molecule has 0 saturated carbocycles. The summed E-state index contributed by atoms with van der Waals surface area (Å²) in [6, 6.07) is 9.77. The first-order valence-corrected chi connectivity index (χ1v) is 9.25. The molecule has 1 unspecified atom stereocenters. The molecule has 4 nitrogen and oxygen atoms in total. The van der Waals surface area contributed by atoms with Crippen LogP contribution in [0.3, 0.4) is 0 Å². The number of rotatable bonds is 7. The number of fused-ring (bicyclic) bond motifs is 3. The van der Waals surface area contributed by atoms with Gasteiger partial charge in [0.05, 0.1) is 0 Å². The molecule has 3 fully saturated rings. The predicted molar refractivity (Wildman–Crippen MR) is 95.6 cm³/mol. The van der Waals surface area contributed by atoms with Crippen LogP contribution in [0.15, 0.2) is 30.3 Å². The van der Waals surface area contributed by atoms with Gasteiger partial charge in [0.1, 0.15) is 12.6 Å². The Bertz CT molecular complexity index is 522. The lowest BCUT2D eigenvalue weighted by atomic mass is 9.67. The van der Waals surface area contributed by atoms with Gasteiger partial charge in [-0.05, 0) is 56.9 Å². The highest BCUT2D eigenvalue weighted by atomic mass is 16.5. The molecule has 1 atom stereocenters. The summed E-state index contributed by atoms with van der Waals surface area (Å²) < 4.78 is 5.70. The van der Waals surface area contributed by atoms with Gasteiger partial charge in [-0.1, -0.05) is 44.2 Å². The van der Waals surface area contributed by atoms with Crippen LogP contribution < -0.4 is 5.32 Å². The van der Waals surface area contributed by atoms with Crippen LogP contribution in [0, 0.1) is 11.3 Å². The molecule has 24 heavy (non-hydrogen) atoms. The first-order valence-electron chi connectivity index (χ1n) is 9.25. The average Bonchev–Trinajstić information content (AvgIpc) is 2.62. The molecule has 1 aromatic rings. The van der Waals surface area contributed by atoms with Crippen LogP contribution in [-0.4, -0.2) is 43.1 Å². The molecule has 132 valence electrons. The lowest BCUT2D eigenvalue weighted by Crippen LogP contribution is -2.60. The molecule has 3 aliphatic heterocycles. The topological polar surface area (TPSA) is 41.6 Å². The fraction of sp³-hybridized carbons (Fsp3) is 0.650. The van der Waals surface area contributed by atoms with Gasteiger partial charge in [-0.15, -0.1) is 0 Å². The molecule has 3 heterocycles. The zero-order chi connectivity index (χ0) is 17.0. The van der Waals surface area contributed by atoms with Crippen molar-refractivity contribution < 1.29 is 9.53 Å². The monoisotopic (exact) mass is 330 g/mol. The van der Waals surface area contributed by atoms with Crippen LogP contribution in [0.4, 0.5) is 0 Å². The van der Waals surface area contributed by atoms with Gasteiger partial charge in [0, 0.05) is 5.41 Å². The molecule has 4 rings (SSSR count). The van der Waals surface area contributed by atoms with E-state index < -0.39 is 0 Å². The molecule has 3 saturated heterocycles. The van der Waals surface area contributed by atoms with Gasteiger partial charge in [0.15, 0.2) is 0 Å². The van der Waals surface area contributed by atoms with Crippen LogP contribution in [-0.2, 0) is 16.1 Å². The molecule has 3 aliphatic rings. The highest BCUT2D eigenvalue weighted by Crippen LogP contribution is 2.43. The molecule has 0 aromatic heterocycles. The summed E-state index contributed by atoms with van der Waals surface area (Å²) in [6.45, 7) is 8.93. The summed E-state index contributed by atoms with van der Waals surface area (Å²) in [5, 5.41) is 3.55. The van der Waals surface area contributed by atoms with Gasteiger partial charge in [-0.25, -0.2) is 0 Å². The largest absolute Gasteiger partial charge is 0.460 e. The maximum atomic E-state index is 12.9. The SMILES string of the molecule is CC(C)CNC(C(=O)OCc1ccccc1)C12CCN(CC1)CC2. The Morgan fingerprint density at radius 3 is 2.38 bits per heavy atom. The molecule has 1 aromatic carbocycles. The van der Waals surface area contributed by atoms with Crippen LogP contribution in [0.25, 0.3) is 0 Å². The van der Waals surface area contributed by atoms with Crippen molar-refractivity contribution in [1.29, 1.82) is 0 Å². The Kier molecular flexibility index (Phi) is 5.57. The smallest absolute Gasteiger partial charge is 0.324 e. The van der Waals surface area contributed by atoms with Gasteiger partial charge in [-0.2, -0.15) is 0 Å². The van der Waals surface area contributed by atoms with E-state index in [9.17, 15) is 4.79 Å². The van der Waals surface area contributed by atoms with E-state index in [1.807, 2.05) is 30.3 Å². The number of carbonyl (C=O) groups is 1. The molecular formula is C20H30N2O2. The summed E-state index contributed by atoms with van der Waals surface area (Å²) in [5.41, 5.74) is 1.13. The lowest BCUT2D eigenvalue weighted by Gasteiger charge is -2.51. The number of hydrogen-bond donors (Lipinski definition) is 1. The molecule has 2 bridgehead atoms. The summed E-state index contributed by atoms with van der Waals surface area (Å²) in [4.78, 5) is 15.4. The molecule has 0 amide bonds. The maximum Gasteiger partial charge on any atom is 0.324 e. The third kappa shape index (κ3) is 3.98. The second-order valence-corrected chi connectivity index (χ2v) is 7.78. The number of hydrogen-bond acceptors (Lipinski definition) is 4. The molecule has 0 spiro atoms. The van der Waals surface area contributed by atoms with E-state index in [4.69, 9.17) is 4.74 Å². The third-order valence-electron chi connectivity index (χ3n) is 5.58. The summed E-state index contributed by atoms with van der Waals surface area (Å²) >= 11 is 0. The summed E-state index contributed by atoms with van der Waals surface area (Å²) in [7, 11) is 0. The number of nitrogens with one attached hydrogen (secondary N) is 1. The van der Waals surface area contributed by atoms with Gasteiger partial charge in [-0.3, -0.25) is 4.79 Å². The molecule has 1 N–H and O–H groups in total. The number of nitrogens with zero attached hydrogens (tertiary/aromatic N) is 1. The van der Waals surface area contributed by atoms with Crippen molar-refractivity contribution in [2.45, 2.75) is 45.8 Å². The minimum Gasteiger partial charge on any atom is -0.460 e. The standard InChI is InChI=1S/C20H30N2O2/c1-16(2)14-21-18(20-8-11-22(12-9-20)13-10-20)19(23)24-15-17-6-4-3-5-7-17/h3-7,16,18,21H,8-15H2,1-2H3. The van der Waals surface area contributed by atoms with Crippen molar-refractivity contribution in [1.82, 2.24) is 10.2 Å². The maximum absolute atomic E-state index is 12.9. The minimum absolute atomic E-state index is 0.0742. The molecule has 0 radical (unpaired) electrons. The Hall–Kier alpha value is -1.39. The number of ether oxygens (including phenoxy) is 1. The van der Waals surface area contributed by atoms with Crippen molar-refractivity contribution in [2.75, 3.05) is 26.2 Å². The average molecular weight is 330 g/mol. The van der Waals surface area contributed by atoms with Gasteiger partial charge in [0.25, 0.3) is 0 Å². The lowest BCUT2D eigenvalue weighted by molar-refractivity contribution is -0.155. The minimum atomic E-state index is -0.175. The predicted octanol–water partition coefficient (Wildman–Crippen LogP) is 2.83. The highest BCUT2D eigenvalue weighted by Gasteiger charge is 2.48. The zero-order valence-electron chi connectivity index (χ0n) is 15.0. The van der Waals surface area contributed by atoms with Crippen molar-refractivity contribution >= 4 is 5.97 Å². The van der Waals surface area contributed by atoms with E-state index in [-0.39, 0.29) is 17.4 Å². The van der Waals surface area contributed by atoms with Crippen molar-refractivity contribution in [3.63, 3.8) is 0 Å². The van der Waals surface area contributed by atoms with Crippen molar-refractivity contribution in [2.24, 2.45) is 11.3 Å². The first kappa shape index (κ1) is 17.4. The number of carbonyl (C=O) groups excluding carboxylic acids is 1. The van der Waals surface area contributed by atoms with Gasteiger partial charge < -0.3 is 15.0 Å². The summed E-state index contributed by atoms with van der Waals surface area (Å²) in [5.74, 6) is 0.448. The van der Waals surface area contributed by atoms with E-state index in [2.05, 4.69) is 24.1 Å². The second kappa shape index (κ2) is 7.66. The fourth-order valence-electron chi connectivity index (χ4n) is 4.00. The van der Waals surface area contributed by atoms with Crippen molar-refractivity contribution in [3.8, 4) is 0 Å². The second-order valence-electron chi connectivity index (χ2n) is 7.78. The van der Waals surface area contributed by atoms with Crippen molar-refractivity contribution in [3.05, 3.63) is 35.9 Å². The van der Waals surface area contributed by atoms with Gasteiger partial charge in [0.2, 0.25) is 0 Å². The molecule has 0 aliphatic carbocycles. The number of piperidine rings is 3. The number of benzene rings is 1. The van der Waals surface area contributed by atoms with E-state index >= 15 is 0 Å². The Morgan fingerprint density at radius 1 is 1.17 bits per heavy atom. The van der Waals surface area contributed by atoms with E-state index in [1.165, 1.54) is 0 Å². The molecular weight excluding hydrogens is 300 g/mol. The third-order valence-corrected chi connectivity index (χ3v) is 5.58. The van der Waals surface area contributed by atoms with E-state index in [1.54, 1.807) is 0 Å². The van der Waals surface area contributed by atoms with Gasteiger partial charge >= 0.3 is 5.97 Å². The van der Waals surface area contributed by atoms with Crippen LogP contribution in [0.5, 0.6) is 0 Å². The molecule has 4 heteroatoms. The normalized spacial score (nSPS) is 27.2. The van der Waals surface area contributed by atoms with Crippen LogP contribution >= 0.6 is 0 Å². The first-order chi connectivity index (χ1) is 11.6. The summed E-state index contributed by atoms with van der Waals surface area (Å²) in [6.07, 6.45) is 3.30. The fourth-order valence-corrected chi connectivity index (χ4v) is 4.00. The van der Waals surface area contributed by atoms with E-state index in [0.29, 0.717) is 12.5 Å². The van der Waals surface area contributed by atoms with Crippen LogP contribution in [0.2, 0.25) is 0 Å². The Balaban J connectivity index is 1.68. The Labute approximate surface area is 145 Å². The highest BCUT2D eigenvalue weighted by molar-refractivity contribution is 5.77. The number of esters is 1. The Morgan fingerprint density at radius 2 is 1.79 bits per heavy atom.